The molecule has 0 bridgehead atoms. The number of alkyl halides is 3. The summed E-state index contributed by atoms with van der Waals surface area (Å²) in [5.41, 5.74) is 0.0253. The summed E-state index contributed by atoms with van der Waals surface area (Å²) in [7, 11) is 1.08. The predicted molar refractivity (Wildman–Crippen MR) is 60.5 cm³/mol. The molecular weight excluding hydrogens is 307 g/mol. The largest absolute Gasteiger partial charge is 0.408 e. The summed E-state index contributed by atoms with van der Waals surface area (Å²) in [5, 5.41) is 1.79. The number of halogens is 4. The third-order valence-corrected chi connectivity index (χ3v) is 4.08. The van der Waals surface area contributed by atoms with Crippen molar-refractivity contribution >= 4 is 25.6 Å². The van der Waals surface area contributed by atoms with E-state index in [4.69, 9.17) is 10.7 Å². The summed E-state index contributed by atoms with van der Waals surface area (Å²) in [6.45, 7) is 0. The normalized spacial score (nSPS) is 19.8. The summed E-state index contributed by atoms with van der Waals surface area (Å²) in [4.78, 5) is 11.2. The summed E-state index contributed by atoms with van der Waals surface area (Å²) >= 11 is 0. The molecule has 19 heavy (non-hydrogen) atoms. The van der Waals surface area contributed by atoms with Crippen molar-refractivity contribution in [3.05, 3.63) is 29.3 Å². The Kier molecular flexibility index (Phi) is 3.26. The van der Waals surface area contributed by atoms with Gasteiger partial charge in [0.2, 0.25) is 0 Å². The summed E-state index contributed by atoms with van der Waals surface area (Å²) in [6, 6.07) is 1.25. The number of rotatable bonds is 1. The number of fused-ring (bicyclic) bond motifs is 1. The van der Waals surface area contributed by atoms with Crippen LogP contribution in [0.4, 0.5) is 13.2 Å². The molecule has 0 fully saturated rings. The Morgan fingerprint density at radius 1 is 1.32 bits per heavy atom. The third kappa shape index (κ3) is 2.84. The quantitative estimate of drug-likeness (QED) is 0.805. The molecule has 0 saturated heterocycles. The van der Waals surface area contributed by atoms with Gasteiger partial charge < -0.3 is 5.32 Å². The van der Waals surface area contributed by atoms with Gasteiger partial charge in [-0.1, -0.05) is 6.07 Å². The minimum Gasteiger partial charge on any atom is -0.340 e. The van der Waals surface area contributed by atoms with E-state index in [1.807, 2.05) is 0 Å². The first kappa shape index (κ1) is 14.1. The van der Waals surface area contributed by atoms with E-state index in [1.165, 1.54) is 6.07 Å². The second kappa shape index (κ2) is 4.38. The number of benzene rings is 1. The number of nitrogens with one attached hydrogen (secondary N) is 1. The highest BCUT2D eigenvalue weighted by Crippen LogP contribution is 2.29. The lowest BCUT2D eigenvalue weighted by molar-refractivity contribution is -0.153. The van der Waals surface area contributed by atoms with Crippen LogP contribution in [0.3, 0.4) is 0 Å². The van der Waals surface area contributed by atoms with Crippen molar-refractivity contribution < 1.29 is 26.4 Å². The molecule has 4 nitrogen and oxygen atoms in total. The fourth-order valence-electron chi connectivity index (χ4n) is 1.80. The van der Waals surface area contributed by atoms with E-state index in [0.29, 0.717) is 0 Å². The highest BCUT2D eigenvalue weighted by Gasteiger charge is 2.43. The SMILES string of the molecule is O=C1NC(C(F)(F)F)Cc2ccc(S(=O)(=O)Cl)cc21. The Labute approximate surface area is 111 Å². The fraction of sp³-hybridized carbons (Fsp3) is 0.300. The van der Waals surface area contributed by atoms with E-state index in [2.05, 4.69) is 0 Å². The fourth-order valence-corrected chi connectivity index (χ4v) is 2.58. The van der Waals surface area contributed by atoms with Crippen molar-refractivity contribution in [1.82, 2.24) is 5.32 Å². The lowest BCUT2D eigenvalue weighted by Crippen LogP contribution is -2.50. The zero-order valence-electron chi connectivity index (χ0n) is 9.16. The molecule has 1 aromatic carbocycles. The van der Waals surface area contributed by atoms with Crippen LogP contribution in [-0.4, -0.2) is 26.5 Å². The molecule has 104 valence electrons. The molecule has 9 heteroatoms. The number of carbonyl (C=O) groups excluding carboxylic acids is 1. The molecule has 0 radical (unpaired) electrons. The molecule has 1 amide bonds. The number of hydrogen-bond donors (Lipinski definition) is 1. The van der Waals surface area contributed by atoms with Crippen LogP contribution in [0.15, 0.2) is 23.1 Å². The van der Waals surface area contributed by atoms with Gasteiger partial charge >= 0.3 is 6.18 Å². The molecule has 0 saturated carbocycles. The maximum Gasteiger partial charge on any atom is 0.408 e. The Balaban J connectivity index is 2.45. The molecule has 0 spiro atoms. The molecule has 1 heterocycles. The van der Waals surface area contributed by atoms with Gasteiger partial charge in [-0.25, -0.2) is 8.42 Å². The second-order valence-corrected chi connectivity index (χ2v) is 6.59. The van der Waals surface area contributed by atoms with Gasteiger partial charge in [0.15, 0.2) is 0 Å². The molecule has 1 aliphatic heterocycles. The molecule has 2 rings (SSSR count). The van der Waals surface area contributed by atoms with Gasteiger partial charge in [-0.2, -0.15) is 13.2 Å². The van der Waals surface area contributed by atoms with E-state index in [-0.39, 0.29) is 16.0 Å². The van der Waals surface area contributed by atoms with Crippen molar-refractivity contribution in [3.8, 4) is 0 Å². The minimum atomic E-state index is -4.55. The number of hydrogen-bond acceptors (Lipinski definition) is 3. The Morgan fingerprint density at radius 2 is 1.95 bits per heavy atom. The highest BCUT2D eigenvalue weighted by atomic mass is 35.7. The first-order valence-electron chi connectivity index (χ1n) is 5.04. The van der Waals surface area contributed by atoms with E-state index < -0.39 is 33.6 Å². The Bertz CT molecular complexity index is 642. The zero-order chi connectivity index (χ0) is 14.4. The van der Waals surface area contributed by atoms with E-state index >= 15 is 0 Å². The van der Waals surface area contributed by atoms with Crippen molar-refractivity contribution in [2.75, 3.05) is 0 Å². The van der Waals surface area contributed by atoms with Crippen molar-refractivity contribution in [2.45, 2.75) is 23.5 Å². The van der Waals surface area contributed by atoms with Gasteiger partial charge in [0, 0.05) is 22.7 Å². The van der Waals surface area contributed by atoms with Gasteiger partial charge in [0.25, 0.3) is 15.0 Å². The van der Waals surface area contributed by atoms with Crippen molar-refractivity contribution in [2.24, 2.45) is 0 Å². The smallest absolute Gasteiger partial charge is 0.340 e. The molecule has 0 aromatic heterocycles. The average molecular weight is 314 g/mol. The average Bonchev–Trinajstić information content (AvgIpc) is 2.26. The summed E-state index contributed by atoms with van der Waals surface area (Å²) in [6.07, 6.45) is -4.99. The third-order valence-electron chi connectivity index (χ3n) is 2.73. The van der Waals surface area contributed by atoms with Gasteiger partial charge in [0.1, 0.15) is 6.04 Å². The molecule has 0 aliphatic carbocycles. The monoisotopic (exact) mass is 313 g/mol. The Hall–Kier alpha value is -1.28. The van der Waals surface area contributed by atoms with Gasteiger partial charge in [-0.05, 0) is 17.7 Å². The number of amides is 1. The van der Waals surface area contributed by atoms with Gasteiger partial charge in [0.05, 0.1) is 4.90 Å². The minimum absolute atomic E-state index is 0.109. The van der Waals surface area contributed by atoms with Crippen molar-refractivity contribution in [1.29, 1.82) is 0 Å². The maximum absolute atomic E-state index is 12.5. The molecule has 1 aliphatic rings. The van der Waals surface area contributed by atoms with Crippen molar-refractivity contribution in [3.63, 3.8) is 0 Å². The van der Waals surface area contributed by atoms with Crippen LogP contribution < -0.4 is 5.32 Å². The summed E-state index contributed by atoms with van der Waals surface area (Å²) < 4.78 is 59.8. The van der Waals surface area contributed by atoms with Gasteiger partial charge in [-0.3, -0.25) is 4.79 Å². The first-order valence-corrected chi connectivity index (χ1v) is 7.35. The van der Waals surface area contributed by atoms with Crippen LogP contribution in [0.5, 0.6) is 0 Å². The number of carbonyl (C=O) groups is 1. The van der Waals surface area contributed by atoms with E-state index in [9.17, 15) is 26.4 Å². The molecule has 1 aromatic rings. The highest BCUT2D eigenvalue weighted by molar-refractivity contribution is 8.13. The lowest BCUT2D eigenvalue weighted by atomic mass is 9.95. The first-order chi connectivity index (χ1) is 8.59. The van der Waals surface area contributed by atoms with E-state index in [1.54, 1.807) is 5.32 Å². The molecule has 1 unspecified atom stereocenters. The van der Waals surface area contributed by atoms with Crippen LogP contribution in [0.2, 0.25) is 0 Å². The zero-order valence-corrected chi connectivity index (χ0v) is 10.7. The van der Waals surface area contributed by atoms with E-state index in [0.717, 1.165) is 12.1 Å². The second-order valence-electron chi connectivity index (χ2n) is 4.03. The topological polar surface area (TPSA) is 63.2 Å². The lowest BCUT2D eigenvalue weighted by Gasteiger charge is -2.27. The molecular formula is C10H7ClF3NO3S. The maximum atomic E-state index is 12.5. The molecule has 1 N–H and O–H groups in total. The van der Waals surface area contributed by atoms with Crippen LogP contribution in [0.1, 0.15) is 15.9 Å². The standard InChI is InChI=1S/C10H7ClF3NO3S/c11-19(17,18)6-2-1-5-3-8(10(12,13)14)15-9(16)7(5)4-6/h1-2,4,8H,3H2,(H,15,16). The Morgan fingerprint density at radius 3 is 2.47 bits per heavy atom. The van der Waals surface area contributed by atoms with Crippen LogP contribution in [0.25, 0.3) is 0 Å². The summed E-state index contributed by atoms with van der Waals surface area (Å²) in [5.74, 6) is -0.967. The van der Waals surface area contributed by atoms with Crippen LogP contribution in [0, 0.1) is 0 Å². The predicted octanol–water partition coefficient (Wildman–Crippen LogP) is 1.83. The van der Waals surface area contributed by atoms with Crippen LogP contribution >= 0.6 is 10.7 Å². The van der Waals surface area contributed by atoms with Gasteiger partial charge in [-0.15, -0.1) is 0 Å². The molecule has 1 atom stereocenters. The van der Waals surface area contributed by atoms with Crippen LogP contribution in [-0.2, 0) is 15.5 Å².